The number of unbranched alkanes of at least 4 members (excludes halogenated alkanes) is 6. The van der Waals surface area contributed by atoms with Crippen LogP contribution in [0, 0.1) is 0 Å². The Morgan fingerprint density at radius 1 is 1.06 bits per heavy atom. The van der Waals surface area contributed by atoms with Gasteiger partial charge in [-0.1, -0.05) is 75.0 Å². The number of hydrogen-bond acceptors (Lipinski definition) is 2. The zero-order valence-corrected chi connectivity index (χ0v) is 13.5. The summed E-state index contributed by atoms with van der Waals surface area (Å²) >= 11 is 2.31. The fourth-order valence-corrected chi connectivity index (χ4v) is 1.99. The molecule has 3 heteroatoms. The average molecular weight is 354 g/mol. The number of esters is 1. The minimum absolute atomic E-state index is 0.0303. The molecule has 0 saturated carbocycles. The lowest BCUT2D eigenvalue weighted by Gasteiger charge is -2.07. The van der Waals surface area contributed by atoms with Crippen molar-refractivity contribution in [1.82, 2.24) is 0 Å². The second-order valence-electron chi connectivity index (χ2n) is 4.55. The van der Waals surface area contributed by atoms with Crippen LogP contribution in [0.5, 0.6) is 0 Å². The maximum Gasteiger partial charge on any atom is 0.306 e. The molecule has 0 radical (unpaired) electrons. The topological polar surface area (TPSA) is 26.3 Å². The number of halogens is 1. The van der Waals surface area contributed by atoms with Crippen molar-refractivity contribution in [3.8, 4) is 0 Å². The molecule has 0 aromatic rings. The Hall–Kier alpha value is 0.200. The summed E-state index contributed by atoms with van der Waals surface area (Å²) in [5, 5.41) is 0. The summed E-state index contributed by atoms with van der Waals surface area (Å²) in [7, 11) is 0. The third-order valence-corrected chi connectivity index (χ3v) is 4.16. The van der Waals surface area contributed by atoms with Gasteiger partial charge in [-0.2, -0.15) is 0 Å². The molecule has 0 rings (SSSR count). The van der Waals surface area contributed by atoms with Gasteiger partial charge in [0.2, 0.25) is 0 Å². The smallest absolute Gasteiger partial charge is 0.306 e. The standard InChI is InChI=1S/C14H27IO2/c1-3-5-6-7-8-9-10-11-17-14(16)12-13(15)4-2/h13H,3-12H2,1-2H3. The molecule has 17 heavy (non-hydrogen) atoms. The zero-order chi connectivity index (χ0) is 12.9. The molecule has 0 aliphatic rings. The lowest BCUT2D eigenvalue weighted by molar-refractivity contribution is -0.143. The number of hydrogen-bond donors (Lipinski definition) is 0. The summed E-state index contributed by atoms with van der Waals surface area (Å²) in [6.07, 6.45) is 10.4. The molecule has 0 aliphatic carbocycles. The minimum Gasteiger partial charge on any atom is -0.466 e. The monoisotopic (exact) mass is 354 g/mol. The van der Waals surface area contributed by atoms with E-state index >= 15 is 0 Å². The highest BCUT2D eigenvalue weighted by Crippen LogP contribution is 2.11. The molecule has 0 heterocycles. The van der Waals surface area contributed by atoms with Gasteiger partial charge in [0, 0.05) is 3.92 Å². The largest absolute Gasteiger partial charge is 0.466 e. The van der Waals surface area contributed by atoms with Crippen molar-refractivity contribution < 1.29 is 9.53 Å². The van der Waals surface area contributed by atoms with Crippen molar-refractivity contribution >= 4 is 28.6 Å². The molecule has 1 unspecified atom stereocenters. The van der Waals surface area contributed by atoms with Crippen LogP contribution in [-0.2, 0) is 9.53 Å². The van der Waals surface area contributed by atoms with Crippen LogP contribution in [0.2, 0.25) is 0 Å². The minimum atomic E-state index is -0.0303. The van der Waals surface area contributed by atoms with Crippen LogP contribution in [0.15, 0.2) is 0 Å². The molecule has 0 amide bonds. The highest BCUT2D eigenvalue weighted by atomic mass is 127. The van der Waals surface area contributed by atoms with E-state index in [-0.39, 0.29) is 5.97 Å². The summed E-state index contributed by atoms with van der Waals surface area (Å²) in [5.41, 5.74) is 0. The summed E-state index contributed by atoms with van der Waals surface area (Å²) in [4.78, 5) is 11.4. The van der Waals surface area contributed by atoms with Crippen LogP contribution in [0.4, 0.5) is 0 Å². The van der Waals surface area contributed by atoms with E-state index in [1.165, 1.54) is 38.5 Å². The van der Waals surface area contributed by atoms with Gasteiger partial charge in [-0.05, 0) is 12.8 Å². The molecule has 0 aliphatic heterocycles. The van der Waals surface area contributed by atoms with E-state index in [9.17, 15) is 4.79 Å². The van der Waals surface area contributed by atoms with Crippen molar-refractivity contribution in [3.63, 3.8) is 0 Å². The van der Waals surface area contributed by atoms with Gasteiger partial charge in [0.1, 0.15) is 0 Å². The van der Waals surface area contributed by atoms with Crippen LogP contribution in [-0.4, -0.2) is 16.5 Å². The number of carbonyl (C=O) groups excluding carboxylic acids is 1. The molecular weight excluding hydrogens is 327 g/mol. The Labute approximate surface area is 120 Å². The van der Waals surface area contributed by atoms with E-state index in [4.69, 9.17) is 4.74 Å². The number of ether oxygens (including phenoxy) is 1. The first-order chi connectivity index (χ1) is 8.20. The summed E-state index contributed by atoms with van der Waals surface area (Å²) in [6.45, 7) is 4.94. The van der Waals surface area contributed by atoms with Crippen molar-refractivity contribution in [3.05, 3.63) is 0 Å². The molecule has 0 bridgehead atoms. The van der Waals surface area contributed by atoms with Crippen molar-refractivity contribution in [2.24, 2.45) is 0 Å². The lowest BCUT2D eigenvalue weighted by Crippen LogP contribution is -2.11. The van der Waals surface area contributed by atoms with Gasteiger partial charge in [0.15, 0.2) is 0 Å². The highest BCUT2D eigenvalue weighted by molar-refractivity contribution is 14.1. The molecule has 0 aromatic carbocycles. The van der Waals surface area contributed by atoms with Crippen LogP contribution in [0.3, 0.4) is 0 Å². The summed E-state index contributed by atoms with van der Waals surface area (Å²) in [6, 6.07) is 0. The summed E-state index contributed by atoms with van der Waals surface area (Å²) in [5.74, 6) is -0.0303. The van der Waals surface area contributed by atoms with E-state index < -0.39 is 0 Å². The predicted octanol–water partition coefficient (Wildman–Crippen LogP) is 4.88. The van der Waals surface area contributed by atoms with Gasteiger partial charge < -0.3 is 4.74 Å². The number of alkyl halides is 1. The van der Waals surface area contributed by atoms with Crippen molar-refractivity contribution in [1.29, 1.82) is 0 Å². The van der Waals surface area contributed by atoms with E-state index in [2.05, 4.69) is 36.4 Å². The Morgan fingerprint density at radius 2 is 1.65 bits per heavy atom. The molecule has 1 atom stereocenters. The molecular formula is C14H27IO2. The van der Waals surface area contributed by atoms with Gasteiger partial charge in [-0.25, -0.2) is 0 Å². The first-order valence-corrected chi connectivity index (χ1v) is 8.25. The zero-order valence-electron chi connectivity index (χ0n) is 11.3. The highest BCUT2D eigenvalue weighted by Gasteiger charge is 2.09. The lowest BCUT2D eigenvalue weighted by atomic mass is 10.1. The normalized spacial score (nSPS) is 12.4. The van der Waals surface area contributed by atoms with Crippen molar-refractivity contribution in [2.75, 3.05) is 6.61 Å². The number of carbonyl (C=O) groups is 1. The maximum atomic E-state index is 11.4. The van der Waals surface area contributed by atoms with Crippen LogP contribution in [0.25, 0.3) is 0 Å². The van der Waals surface area contributed by atoms with E-state index in [0.29, 0.717) is 17.0 Å². The van der Waals surface area contributed by atoms with Crippen LogP contribution in [0.1, 0.15) is 71.6 Å². The van der Waals surface area contributed by atoms with Gasteiger partial charge in [0.05, 0.1) is 13.0 Å². The molecule has 0 aromatic heterocycles. The van der Waals surface area contributed by atoms with Gasteiger partial charge in [-0.3, -0.25) is 4.79 Å². The van der Waals surface area contributed by atoms with E-state index in [1.807, 2.05) is 0 Å². The first-order valence-electron chi connectivity index (χ1n) is 7.00. The third kappa shape index (κ3) is 12.4. The number of rotatable bonds is 11. The molecule has 0 spiro atoms. The fourth-order valence-electron chi connectivity index (χ4n) is 1.63. The Morgan fingerprint density at radius 3 is 2.24 bits per heavy atom. The maximum absolute atomic E-state index is 11.4. The molecule has 102 valence electrons. The first kappa shape index (κ1) is 17.2. The molecule has 0 fully saturated rings. The van der Waals surface area contributed by atoms with Crippen LogP contribution >= 0.6 is 22.6 Å². The fraction of sp³-hybridized carbons (Fsp3) is 0.929. The summed E-state index contributed by atoms with van der Waals surface area (Å²) < 4.78 is 5.62. The predicted molar refractivity (Wildman–Crippen MR) is 81.7 cm³/mol. The van der Waals surface area contributed by atoms with E-state index in [0.717, 1.165) is 12.8 Å². The second-order valence-corrected chi connectivity index (χ2v) is 6.31. The van der Waals surface area contributed by atoms with Gasteiger partial charge in [-0.15, -0.1) is 0 Å². The van der Waals surface area contributed by atoms with E-state index in [1.54, 1.807) is 0 Å². The third-order valence-electron chi connectivity index (χ3n) is 2.84. The van der Waals surface area contributed by atoms with Gasteiger partial charge >= 0.3 is 5.97 Å². The molecule has 0 N–H and O–H groups in total. The SMILES string of the molecule is CCCCCCCCCOC(=O)CC(I)CC. The molecule has 0 saturated heterocycles. The second kappa shape index (κ2) is 12.7. The van der Waals surface area contributed by atoms with Crippen LogP contribution < -0.4 is 0 Å². The quantitative estimate of drug-likeness (QED) is 0.229. The Balaban J connectivity index is 3.19. The van der Waals surface area contributed by atoms with Crippen molar-refractivity contribution in [2.45, 2.75) is 75.6 Å². The van der Waals surface area contributed by atoms with Gasteiger partial charge in [0.25, 0.3) is 0 Å². The average Bonchev–Trinajstić information content (AvgIpc) is 2.32. The Kier molecular flexibility index (Phi) is 12.8. The Bertz CT molecular complexity index is 183. The molecule has 2 nitrogen and oxygen atoms in total.